The van der Waals surface area contributed by atoms with Gasteiger partial charge in [0.05, 0.1) is 5.69 Å². The molecule has 1 aliphatic rings. The largest absolute Gasteiger partial charge is 0.347 e. The van der Waals surface area contributed by atoms with Crippen LogP contribution in [0.15, 0.2) is 48.5 Å². The smallest absolute Gasteiger partial charge is 0.291 e. The number of nitrogens with one attached hydrogen (secondary N) is 1. The van der Waals surface area contributed by atoms with Gasteiger partial charge in [0.25, 0.3) is 5.91 Å². The van der Waals surface area contributed by atoms with Crippen molar-refractivity contribution in [1.82, 2.24) is 20.1 Å². The number of rotatable bonds is 4. The lowest BCUT2D eigenvalue weighted by Gasteiger charge is -2.21. The van der Waals surface area contributed by atoms with Gasteiger partial charge in [-0.05, 0) is 50.5 Å². The van der Waals surface area contributed by atoms with Gasteiger partial charge in [-0.2, -0.15) is 0 Å². The average Bonchev–Trinajstić information content (AvgIpc) is 3.14. The second kappa shape index (κ2) is 7.97. The van der Waals surface area contributed by atoms with Crippen LogP contribution in [0.25, 0.3) is 17.1 Å². The van der Waals surface area contributed by atoms with E-state index in [0.717, 1.165) is 35.2 Å². The summed E-state index contributed by atoms with van der Waals surface area (Å²) in [4.78, 5) is 17.5. The molecule has 1 heterocycles. The maximum atomic E-state index is 12.8. The minimum absolute atomic E-state index is 0.188. The molecular weight excluding hydrogens is 348 g/mol. The molecule has 28 heavy (non-hydrogen) atoms. The second-order valence-corrected chi connectivity index (χ2v) is 7.69. The molecule has 0 unspecified atom stereocenters. The third-order valence-corrected chi connectivity index (χ3v) is 5.27. The number of benzene rings is 2. The molecule has 5 heteroatoms. The van der Waals surface area contributed by atoms with Gasteiger partial charge in [0.2, 0.25) is 5.82 Å². The lowest BCUT2D eigenvalue weighted by atomic mass is 9.95. The Morgan fingerprint density at radius 3 is 2.43 bits per heavy atom. The number of nitrogens with zero attached hydrogens (tertiary/aromatic N) is 3. The first kappa shape index (κ1) is 18.4. The van der Waals surface area contributed by atoms with Gasteiger partial charge < -0.3 is 5.32 Å². The Labute approximate surface area is 165 Å². The zero-order valence-corrected chi connectivity index (χ0v) is 16.5. The highest BCUT2D eigenvalue weighted by molar-refractivity contribution is 5.91. The molecule has 1 aliphatic carbocycles. The molecule has 4 rings (SSSR count). The third kappa shape index (κ3) is 3.98. The van der Waals surface area contributed by atoms with Gasteiger partial charge in [-0.25, -0.2) is 9.67 Å². The number of carbonyl (C=O) groups is 1. The normalized spacial score (nSPS) is 14.8. The van der Waals surface area contributed by atoms with Crippen LogP contribution in [0.3, 0.4) is 0 Å². The molecule has 0 spiro atoms. The van der Waals surface area contributed by atoms with E-state index in [1.54, 1.807) is 4.68 Å². The van der Waals surface area contributed by atoms with Crippen molar-refractivity contribution >= 4 is 5.91 Å². The van der Waals surface area contributed by atoms with E-state index in [9.17, 15) is 4.79 Å². The first-order valence-corrected chi connectivity index (χ1v) is 10.0. The summed E-state index contributed by atoms with van der Waals surface area (Å²) < 4.78 is 1.78. The van der Waals surface area contributed by atoms with E-state index in [1.165, 1.54) is 19.3 Å². The highest BCUT2D eigenvalue weighted by Gasteiger charge is 2.22. The summed E-state index contributed by atoms with van der Waals surface area (Å²) in [7, 11) is 0. The zero-order chi connectivity index (χ0) is 19.5. The van der Waals surface area contributed by atoms with Crippen molar-refractivity contribution in [2.24, 2.45) is 0 Å². The number of hydrogen-bond acceptors (Lipinski definition) is 3. The molecule has 0 bridgehead atoms. The van der Waals surface area contributed by atoms with Crippen molar-refractivity contribution in [2.75, 3.05) is 0 Å². The van der Waals surface area contributed by atoms with Gasteiger partial charge in [-0.15, -0.1) is 5.10 Å². The van der Waals surface area contributed by atoms with Crippen molar-refractivity contribution in [2.45, 2.75) is 52.0 Å². The molecule has 144 valence electrons. The molecular formula is C23H26N4O. The molecule has 1 saturated carbocycles. The van der Waals surface area contributed by atoms with Crippen LogP contribution < -0.4 is 5.32 Å². The maximum absolute atomic E-state index is 12.8. The third-order valence-electron chi connectivity index (χ3n) is 5.27. The minimum atomic E-state index is -0.188. The van der Waals surface area contributed by atoms with Gasteiger partial charge in [0, 0.05) is 11.6 Å². The summed E-state index contributed by atoms with van der Waals surface area (Å²) in [5.41, 5.74) is 4.13. The van der Waals surface area contributed by atoms with Gasteiger partial charge in [-0.3, -0.25) is 4.79 Å². The van der Waals surface area contributed by atoms with E-state index >= 15 is 0 Å². The van der Waals surface area contributed by atoms with Crippen LogP contribution in [0.4, 0.5) is 0 Å². The standard InChI is InChI=1S/C23H26N4O/c1-16-8-6-10-18(14-16)22-25-21(23(28)24-19-11-4-3-5-12-19)26-27(22)20-13-7-9-17(2)15-20/h6-10,13-15,19H,3-5,11-12H2,1-2H3,(H,24,28). The maximum Gasteiger partial charge on any atom is 0.291 e. The molecule has 3 aromatic rings. The van der Waals surface area contributed by atoms with E-state index < -0.39 is 0 Å². The first-order valence-electron chi connectivity index (χ1n) is 10.0. The summed E-state index contributed by atoms with van der Waals surface area (Å²) in [6.45, 7) is 4.09. The first-order chi connectivity index (χ1) is 13.6. The molecule has 0 aliphatic heterocycles. The lowest BCUT2D eigenvalue weighted by molar-refractivity contribution is 0.0917. The predicted octanol–water partition coefficient (Wildman–Crippen LogP) is 4.61. The highest BCUT2D eigenvalue weighted by atomic mass is 16.2. The van der Waals surface area contributed by atoms with Crippen molar-refractivity contribution in [1.29, 1.82) is 0 Å². The molecule has 0 atom stereocenters. The number of aromatic nitrogens is 3. The van der Waals surface area contributed by atoms with E-state index in [1.807, 2.05) is 50.2 Å². The van der Waals surface area contributed by atoms with E-state index in [-0.39, 0.29) is 17.8 Å². The van der Waals surface area contributed by atoms with E-state index in [4.69, 9.17) is 0 Å². The summed E-state index contributed by atoms with van der Waals surface area (Å²) in [6, 6.07) is 16.4. The van der Waals surface area contributed by atoms with Crippen molar-refractivity contribution in [3.8, 4) is 17.1 Å². The highest BCUT2D eigenvalue weighted by Crippen LogP contribution is 2.23. The van der Waals surface area contributed by atoms with Gasteiger partial charge in [0.1, 0.15) is 0 Å². The van der Waals surface area contributed by atoms with E-state index in [0.29, 0.717) is 5.82 Å². The molecule has 0 saturated heterocycles. The van der Waals surface area contributed by atoms with Crippen molar-refractivity contribution < 1.29 is 4.79 Å². The van der Waals surface area contributed by atoms with Crippen LogP contribution in [-0.2, 0) is 0 Å². The van der Waals surface area contributed by atoms with Gasteiger partial charge >= 0.3 is 0 Å². The summed E-state index contributed by atoms with van der Waals surface area (Å²) in [6.07, 6.45) is 5.67. The van der Waals surface area contributed by atoms with Crippen molar-refractivity contribution in [3.05, 3.63) is 65.5 Å². The molecule has 0 radical (unpaired) electrons. The molecule has 1 amide bonds. The topological polar surface area (TPSA) is 59.8 Å². The molecule has 1 N–H and O–H groups in total. The summed E-state index contributed by atoms with van der Waals surface area (Å²) in [5, 5.41) is 7.71. The van der Waals surface area contributed by atoms with Crippen LogP contribution in [0.2, 0.25) is 0 Å². The molecule has 1 aromatic heterocycles. The molecule has 5 nitrogen and oxygen atoms in total. The fourth-order valence-corrected chi connectivity index (χ4v) is 3.82. The Bertz CT molecular complexity index is 923. The molecule has 2 aromatic carbocycles. The van der Waals surface area contributed by atoms with Gasteiger partial charge in [0.15, 0.2) is 5.82 Å². The van der Waals surface area contributed by atoms with Crippen LogP contribution in [0.5, 0.6) is 0 Å². The Morgan fingerprint density at radius 2 is 1.71 bits per heavy atom. The fraction of sp³-hybridized carbons (Fsp3) is 0.348. The Morgan fingerprint density at radius 1 is 1.00 bits per heavy atom. The quantitative estimate of drug-likeness (QED) is 0.725. The molecule has 1 fully saturated rings. The van der Waals surface area contributed by atoms with Crippen LogP contribution >= 0.6 is 0 Å². The van der Waals surface area contributed by atoms with Crippen LogP contribution in [0, 0.1) is 13.8 Å². The SMILES string of the molecule is Cc1cccc(-c2nc(C(=O)NC3CCCCC3)nn2-c2cccc(C)c2)c1. The fourth-order valence-electron chi connectivity index (χ4n) is 3.82. The summed E-state index contributed by atoms with van der Waals surface area (Å²) in [5.74, 6) is 0.721. The van der Waals surface area contributed by atoms with Crippen LogP contribution in [0.1, 0.15) is 53.8 Å². The minimum Gasteiger partial charge on any atom is -0.347 e. The monoisotopic (exact) mass is 374 g/mol. The lowest BCUT2D eigenvalue weighted by Crippen LogP contribution is -2.36. The number of carbonyl (C=O) groups excluding carboxylic acids is 1. The predicted molar refractivity (Wildman–Crippen MR) is 111 cm³/mol. The van der Waals surface area contributed by atoms with Gasteiger partial charge in [-0.1, -0.05) is 55.2 Å². The Hall–Kier alpha value is -2.95. The summed E-state index contributed by atoms with van der Waals surface area (Å²) >= 11 is 0. The Kier molecular flexibility index (Phi) is 5.24. The second-order valence-electron chi connectivity index (χ2n) is 7.69. The van der Waals surface area contributed by atoms with Crippen molar-refractivity contribution in [3.63, 3.8) is 0 Å². The zero-order valence-electron chi connectivity index (χ0n) is 16.5. The number of amides is 1. The average molecular weight is 374 g/mol. The number of aryl methyl sites for hydroxylation is 2. The van der Waals surface area contributed by atoms with Crippen LogP contribution in [-0.4, -0.2) is 26.7 Å². The van der Waals surface area contributed by atoms with E-state index in [2.05, 4.69) is 27.5 Å². The Balaban J connectivity index is 1.72. The number of hydrogen-bond donors (Lipinski definition) is 1.